The first-order chi connectivity index (χ1) is 6.48. The molecule has 14 heavy (non-hydrogen) atoms. The maximum atomic E-state index is 11.5. The van der Waals surface area contributed by atoms with E-state index in [0.29, 0.717) is 6.42 Å². The van der Waals surface area contributed by atoms with Gasteiger partial charge in [-0.15, -0.1) is 0 Å². The van der Waals surface area contributed by atoms with Gasteiger partial charge in [0, 0.05) is 18.4 Å². The molecule has 0 N–H and O–H groups in total. The van der Waals surface area contributed by atoms with E-state index in [-0.39, 0.29) is 16.8 Å². The Morgan fingerprint density at radius 2 is 2.14 bits per heavy atom. The number of rotatable bonds is 0. The number of ketones is 1. The minimum absolute atomic E-state index is 0.0422. The molecule has 1 fully saturated rings. The number of ether oxygens (including phenoxy) is 1. The Labute approximate surface area is 85.3 Å². The van der Waals surface area contributed by atoms with Crippen LogP contribution in [0.15, 0.2) is 11.6 Å². The van der Waals surface area contributed by atoms with Crippen molar-refractivity contribution in [2.75, 3.05) is 6.61 Å². The first-order valence-electron chi connectivity index (χ1n) is 5.33. The Balaban J connectivity index is 2.46. The third kappa shape index (κ3) is 1.17. The van der Waals surface area contributed by atoms with Gasteiger partial charge < -0.3 is 4.74 Å². The van der Waals surface area contributed by atoms with E-state index in [1.807, 2.05) is 6.92 Å². The van der Waals surface area contributed by atoms with Gasteiger partial charge in [-0.2, -0.15) is 0 Å². The molecule has 1 aliphatic carbocycles. The van der Waals surface area contributed by atoms with Crippen molar-refractivity contribution in [1.82, 2.24) is 0 Å². The SMILES string of the molecule is CC1=CC(=O)CC(C)(C)C12CCCO2. The molecule has 1 atom stereocenters. The summed E-state index contributed by atoms with van der Waals surface area (Å²) in [5, 5.41) is 0. The van der Waals surface area contributed by atoms with Gasteiger partial charge in [0.05, 0.1) is 5.60 Å². The zero-order chi connectivity index (χ0) is 10.4. The van der Waals surface area contributed by atoms with E-state index < -0.39 is 0 Å². The molecule has 0 radical (unpaired) electrons. The zero-order valence-electron chi connectivity index (χ0n) is 9.22. The molecule has 2 rings (SSSR count). The zero-order valence-corrected chi connectivity index (χ0v) is 9.22. The average Bonchev–Trinajstić information content (AvgIpc) is 2.48. The number of carbonyl (C=O) groups is 1. The summed E-state index contributed by atoms with van der Waals surface area (Å²) in [6.45, 7) is 7.16. The van der Waals surface area contributed by atoms with Crippen molar-refractivity contribution in [1.29, 1.82) is 0 Å². The van der Waals surface area contributed by atoms with E-state index in [1.54, 1.807) is 6.08 Å². The van der Waals surface area contributed by atoms with Crippen LogP contribution in [0.5, 0.6) is 0 Å². The van der Waals surface area contributed by atoms with E-state index in [4.69, 9.17) is 4.74 Å². The standard InChI is InChI=1S/C12H18O2/c1-9-7-10(13)8-11(2,3)12(9)5-4-6-14-12/h7H,4-6,8H2,1-3H3. The van der Waals surface area contributed by atoms with E-state index in [2.05, 4.69) is 13.8 Å². The van der Waals surface area contributed by atoms with Crippen LogP contribution in [0, 0.1) is 5.41 Å². The third-order valence-corrected chi connectivity index (χ3v) is 3.75. The second kappa shape index (κ2) is 2.93. The molecule has 1 saturated heterocycles. The van der Waals surface area contributed by atoms with Crippen molar-refractivity contribution < 1.29 is 9.53 Å². The van der Waals surface area contributed by atoms with Crippen LogP contribution in [-0.4, -0.2) is 18.0 Å². The summed E-state index contributed by atoms with van der Waals surface area (Å²) in [6, 6.07) is 0. The predicted octanol–water partition coefficient (Wildman–Crippen LogP) is 2.48. The smallest absolute Gasteiger partial charge is 0.156 e. The molecule has 0 bridgehead atoms. The lowest BCUT2D eigenvalue weighted by atomic mass is 9.63. The average molecular weight is 194 g/mol. The molecule has 0 amide bonds. The molecule has 1 spiro atoms. The number of carbonyl (C=O) groups excluding carboxylic acids is 1. The minimum atomic E-state index is -0.152. The summed E-state index contributed by atoms with van der Waals surface area (Å²) in [7, 11) is 0. The predicted molar refractivity (Wildman–Crippen MR) is 55.1 cm³/mol. The van der Waals surface area contributed by atoms with Gasteiger partial charge in [-0.1, -0.05) is 13.8 Å². The van der Waals surface area contributed by atoms with E-state index in [0.717, 1.165) is 25.0 Å². The first kappa shape index (κ1) is 9.91. The van der Waals surface area contributed by atoms with Gasteiger partial charge >= 0.3 is 0 Å². The summed E-state index contributed by atoms with van der Waals surface area (Å²) in [4.78, 5) is 11.5. The highest BCUT2D eigenvalue weighted by Crippen LogP contribution is 2.50. The largest absolute Gasteiger partial charge is 0.370 e. The lowest BCUT2D eigenvalue weighted by Gasteiger charge is -2.46. The molecule has 78 valence electrons. The lowest BCUT2D eigenvalue weighted by Crippen LogP contribution is -2.48. The Bertz CT molecular complexity index is 293. The molecule has 0 aromatic heterocycles. The number of hydrogen-bond donors (Lipinski definition) is 0. The molecule has 2 nitrogen and oxygen atoms in total. The monoisotopic (exact) mass is 194 g/mol. The Morgan fingerprint density at radius 1 is 1.43 bits per heavy atom. The van der Waals surface area contributed by atoms with E-state index in [1.165, 1.54) is 0 Å². The van der Waals surface area contributed by atoms with E-state index >= 15 is 0 Å². The van der Waals surface area contributed by atoms with Crippen LogP contribution in [0.4, 0.5) is 0 Å². The topological polar surface area (TPSA) is 26.3 Å². The number of hydrogen-bond acceptors (Lipinski definition) is 2. The van der Waals surface area contributed by atoms with Gasteiger partial charge in [0.25, 0.3) is 0 Å². The molecular formula is C12H18O2. The molecule has 0 saturated carbocycles. The fraction of sp³-hybridized carbons (Fsp3) is 0.750. The van der Waals surface area contributed by atoms with Crippen LogP contribution < -0.4 is 0 Å². The summed E-state index contributed by atoms with van der Waals surface area (Å²) < 4.78 is 5.94. The Morgan fingerprint density at radius 3 is 2.64 bits per heavy atom. The summed E-state index contributed by atoms with van der Waals surface area (Å²) >= 11 is 0. The highest BCUT2D eigenvalue weighted by Gasteiger charge is 2.52. The molecule has 2 heteroatoms. The van der Waals surface area contributed by atoms with Crippen LogP contribution in [0.1, 0.15) is 40.0 Å². The van der Waals surface area contributed by atoms with Gasteiger partial charge in [0.2, 0.25) is 0 Å². The fourth-order valence-electron chi connectivity index (χ4n) is 3.01. The molecule has 1 unspecified atom stereocenters. The second-order valence-corrected chi connectivity index (χ2v) is 5.13. The molecule has 1 aliphatic heterocycles. The van der Waals surface area contributed by atoms with Crippen LogP contribution in [-0.2, 0) is 9.53 Å². The number of allylic oxidation sites excluding steroid dienone is 1. The van der Waals surface area contributed by atoms with Crippen molar-refractivity contribution in [3.8, 4) is 0 Å². The van der Waals surface area contributed by atoms with Crippen LogP contribution in [0.25, 0.3) is 0 Å². The lowest BCUT2D eigenvalue weighted by molar-refractivity contribution is -0.125. The maximum absolute atomic E-state index is 11.5. The van der Waals surface area contributed by atoms with Crippen molar-refractivity contribution in [3.63, 3.8) is 0 Å². The fourth-order valence-corrected chi connectivity index (χ4v) is 3.01. The van der Waals surface area contributed by atoms with Crippen LogP contribution in [0.2, 0.25) is 0 Å². The van der Waals surface area contributed by atoms with Gasteiger partial charge in [-0.3, -0.25) is 4.79 Å². The molecule has 0 aromatic rings. The van der Waals surface area contributed by atoms with Gasteiger partial charge in [-0.25, -0.2) is 0 Å². The summed E-state index contributed by atoms with van der Waals surface area (Å²) in [6.07, 6.45) is 4.57. The quantitative estimate of drug-likeness (QED) is 0.592. The summed E-state index contributed by atoms with van der Waals surface area (Å²) in [5.74, 6) is 0.244. The minimum Gasteiger partial charge on any atom is -0.370 e. The Hall–Kier alpha value is -0.630. The third-order valence-electron chi connectivity index (χ3n) is 3.75. The van der Waals surface area contributed by atoms with Gasteiger partial charge in [0.15, 0.2) is 5.78 Å². The molecule has 1 heterocycles. The highest BCUT2D eigenvalue weighted by atomic mass is 16.5. The Kier molecular flexibility index (Phi) is 2.07. The van der Waals surface area contributed by atoms with E-state index in [9.17, 15) is 4.79 Å². The highest BCUT2D eigenvalue weighted by molar-refractivity contribution is 5.92. The molecule has 0 aromatic carbocycles. The summed E-state index contributed by atoms with van der Waals surface area (Å²) in [5.41, 5.74) is 0.927. The van der Waals surface area contributed by atoms with Crippen molar-refractivity contribution in [2.45, 2.75) is 45.6 Å². The molecular weight excluding hydrogens is 176 g/mol. The van der Waals surface area contributed by atoms with Crippen LogP contribution >= 0.6 is 0 Å². The van der Waals surface area contributed by atoms with Crippen LogP contribution in [0.3, 0.4) is 0 Å². The first-order valence-corrected chi connectivity index (χ1v) is 5.33. The van der Waals surface area contributed by atoms with Crippen molar-refractivity contribution >= 4 is 5.78 Å². The van der Waals surface area contributed by atoms with Gasteiger partial charge in [-0.05, 0) is 31.4 Å². The van der Waals surface area contributed by atoms with Gasteiger partial charge in [0.1, 0.15) is 0 Å². The molecule has 2 aliphatic rings. The normalized spacial score (nSPS) is 36.2. The second-order valence-electron chi connectivity index (χ2n) is 5.13. The van der Waals surface area contributed by atoms with Crippen molar-refractivity contribution in [3.05, 3.63) is 11.6 Å². The van der Waals surface area contributed by atoms with Crippen molar-refractivity contribution in [2.24, 2.45) is 5.41 Å². The maximum Gasteiger partial charge on any atom is 0.156 e.